The number of aromatic nitrogens is 1. The summed E-state index contributed by atoms with van der Waals surface area (Å²) < 4.78 is 0. The number of hydrogen-bond donors (Lipinski definition) is 3. The van der Waals surface area contributed by atoms with Crippen molar-refractivity contribution in [3.8, 4) is 0 Å². The second kappa shape index (κ2) is 15.3. The third-order valence-corrected chi connectivity index (χ3v) is 10.1. The van der Waals surface area contributed by atoms with Crippen LogP contribution in [-0.2, 0) is 38.4 Å². The Kier molecular flexibility index (Phi) is 10.7. The summed E-state index contributed by atoms with van der Waals surface area (Å²) in [4.78, 5) is 64.8. The maximum atomic E-state index is 15.1. The number of benzene rings is 3. The van der Waals surface area contributed by atoms with E-state index < -0.39 is 30.1 Å². The lowest BCUT2D eigenvalue weighted by Crippen LogP contribution is -2.67. The highest BCUT2D eigenvalue weighted by atomic mass is 16.2. The van der Waals surface area contributed by atoms with Crippen molar-refractivity contribution in [3.63, 3.8) is 0 Å². The lowest BCUT2D eigenvalue weighted by Gasteiger charge is -2.46. The number of rotatable bonds is 12. The van der Waals surface area contributed by atoms with Gasteiger partial charge in [0.15, 0.2) is 0 Å². The van der Waals surface area contributed by atoms with E-state index in [0.29, 0.717) is 25.9 Å². The van der Waals surface area contributed by atoms with E-state index in [1.165, 1.54) is 0 Å². The minimum absolute atomic E-state index is 0.133. The smallest absolute Gasteiger partial charge is 0.246 e. The van der Waals surface area contributed by atoms with Crippen LogP contribution in [0.15, 0.2) is 85.1 Å². The molecule has 4 amide bonds. The zero-order chi connectivity index (χ0) is 35.4. The van der Waals surface area contributed by atoms with Gasteiger partial charge in [-0.3, -0.25) is 19.2 Å². The number of amides is 4. The summed E-state index contributed by atoms with van der Waals surface area (Å²) in [5.41, 5.74) is 10.8. The van der Waals surface area contributed by atoms with Crippen LogP contribution in [0.5, 0.6) is 0 Å². The second-order valence-corrected chi connectivity index (χ2v) is 14.1. The van der Waals surface area contributed by atoms with Gasteiger partial charge in [-0.15, -0.1) is 0 Å². The summed E-state index contributed by atoms with van der Waals surface area (Å²) in [5, 5.41) is 4.38. The van der Waals surface area contributed by atoms with E-state index >= 15 is 4.79 Å². The standard InChI is InChI=1S/C40H48N6O4/c1-26(2)20-34(37(41)47)45-18-19-46(35(39(45)49)23-28-11-5-4-6-12-28)40(50)36(24-30-25-43-32-15-8-7-14-31(30)32)44-17-16-42-33(38(44)48)22-29-13-9-10-27(3)21-29/h4-15,21,25-26,33-36,42-43H,16-20,22-24H2,1-3H3,(H2,41,47). The molecule has 0 radical (unpaired) electrons. The average Bonchev–Trinajstić information content (AvgIpc) is 3.51. The molecular weight excluding hydrogens is 628 g/mol. The van der Waals surface area contributed by atoms with Crippen LogP contribution in [-0.4, -0.2) is 93.7 Å². The summed E-state index contributed by atoms with van der Waals surface area (Å²) in [6.07, 6.45) is 3.42. The highest BCUT2D eigenvalue weighted by Gasteiger charge is 2.46. The molecule has 262 valence electrons. The number of carbonyl (C=O) groups is 4. The van der Waals surface area contributed by atoms with Crippen LogP contribution < -0.4 is 11.1 Å². The molecule has 4 N–H and O–H groups in total. The lowest BCUT2D eigenvalue weighted by molar-refractivity contribution is -0.160. The van der Waals surface area contributed by atoms with E-state index in [1.54, 1.807) is 14.7 Å². The quantitative estimate of drug-likeness (QED) is 0.211. The van der Waals surface area contributed by atoms with Crippen LogP contribution in [0.2, 0.25) is 0 Å². The summed E-state index contributed by atoms with van der Waals surface area (Å²) in [6.45, 7) is 7.32. The molecule has 10 nitrogen and oxygen atoms in total. The molecule has 0 aliphatic carbocycles. The van der Waals surface area contributed by atoms with Gasteiger partial charge in [-0.1, -0.05) is 92.2 Å². The van der Waals surface area contributed by atoms with Gasteiger partial charge in [0.2, 0.25) is 23.6 Å². The number of primary amides is 1. The second-order valence-electron chi connectivity index (χ2n) is 14.1. The first-order valence-electron chi connectivity index (χ1n) is 17.7. The highest BCUT2D eigenvalue weighted by molar-refractivity contribution is 5.96. The fourth-order valence-corrected chi connectivity index (χ4v) is 7.59. The van der Waals surface area contributed by atoms with Gasteiger partial charge in [0.1, 0.15) is 18.1 Å². The Hall–Kier alpha value is -4.96. The average molecular weight is 677 g/mol. The molecule has 50 heavy (non-hydrogen) atoms. The van der Waals surface area contributed by atoms with Crippen LogP contribution in [0.4, 0.5) is 0 Å². The minimum atomic E-state index is -0.862. The first-order chi connectivity index (χ1) is 24.1. The number of fused-ring (bicyclic) bond motifs is 1. The highest BCUT2D eigenvalue weighted by Crippen LogP contribution is 2.27. The van der Waals surface area contributed by atoms with E-state index in [0.717, 1.165) is 33.2 Å². The third-order valence-electron chi connectivity index (χ3n) is 10.1. The molecule has 2 aliphatic rings. The Morgan fingerprint density at radius 3 is 2.30 bits per heavy atom. The molecule has 10 heteroatoms. The first-order valence-corrected chi connectivity index (χ1v) is 17.7. The van der Waals surface area contributed by atoms with Gasteiger partial charge in [-0.2, -0.15) is 0 Å². The zero-order valence-corrected chi connectivity index (χ0v) is 29.2. The van der Waals surface area contributed by atoms with Crippen LogP contribution in [0.1, 0.15) is 42.5 Å². The Labute approximate surface area is 294 Å². The number of nitrogens with zero attached hydrogens (tertiary/aromatic N) is 3. The van der Waals surface area contributed by atoms with Gasteiger partial charge >= 0.3 is 0 Å². The van der Waals surface area contributed by atoms with Crippen molar-refractivity contribution in [2.45, 2.75) is 70.6 Å². The zero-order valence-electron chi connectivity index (χ0n) is 29.2. The molecule has 0 saturated carbocycles. The van der Waals surface area contributed by atoms with E-state index in [1.807, 2.05) is 99.8 Å². The van der Waals surface area contributed by atoms with Crippen molar-refractivity contribution in [2.75, 3.05) is 26.2 Å². The normalized spacial score (nSPS) is 19.6. The molecule has 3 aromatic carbocycles. The van der Waals surface area contributed by atoms with Crippen molar-refractivity contribution in [1.82, 2.24) is 25.0 Å². The van der Waals surface area contributed by atoms with Crippen molar-refractivity contribution >= 4 is 34.5 Å². The van der Waals surface area contributed by atoms with Gasteiger partial charge in [-0.05, 0) is 48.4 Å². The molecule has 2 aliphatic heterocycles. The molecule has 4 unspecified atom stereocenters. The minimum Gasteiger partial charge on any atom is -0.368 e. The van der Waals surface area contributed by atoms with Crippen molar-refractivity contribution in [1.29, 1.82) is 0 Å². The SMILES string of the molecule is Cc1cccc(CC2NCCN(C(Cc3c[nH]c4ccccc34)C(=O)N3CCN(C(CC(C)C)C(N)=O)C(=O)C3Cc3ccccc3)C2=O)c1. The van der Waals surface area contributed by atoms with E-state index in [2.05, 4.69) is 16.4 Å². The molecule has 2 saturated heterocycles. The lowest BCUT2D eigenvalue weighted by atomic mass is 9.94. The fraction of sp³-hybridized carbons (Fsp3) is 0.400. The van der Waals surface area contributed by atoms with Crippen LogP contribution in [0, 0.1) is 12.8 Å². The number of para-hydroxylation sites is 1. The Balaban J connectivity index is 1.36. The fourth-order valence-electron chi connectivity index (χ4n) is 7.59. The summed E-state index contributed by atoms with van der Waals surface area (Å²) in [6, 6.07) is 22.7. The first kappa shape index (κ1) is 34.9. The predicted octanol–water partition coefficient (Wildman–Crippen LogP) is 3.61. The third kappa shape index (κ3) is 7.60. The Bertz CT molecular complexity index is 1840. The Morgan fingerprint density at radius 2 is 1.56 bits per heavy atom. The topological polar surface area (TPSA) is 132 Å². The molecule has 6 rings (SSSR count). The molecule has 3 heterocycles. The van der Waals surface area contributed by atoms with E-state index in [-0.39, 0.29) is 49.6 Å². The summed E-state index contributed by atoms with van der Waals surface area (Å²) in [7, 11) is 0. The molecular formula is C40H48N6O4. The van der Waals surface area contributed by atoms with Gasteiger partial charge < -0.3 is 30.7 Å². The molecule has 1 aromatic heterocycles. The molecule has 4 atom stereocenters. The monoisotopic (exact) mass is 676 g/mol. The summed E-state index contributed by atoms with van der Waals surface area (Å²) >= 11 is 0. The van der Waals surface area contributed by atoms with Crippen molar-refractivity contribution in [2.24, 2.45) is 11.7 Å². The number of nitrogens with two attached hydrogens (primary N) is 1. The largest absolute Gasteiger partial charge is 0.368 e. The van der Waals surface area contributed by atoms with Gasteiger partial charge in [0, 0.05) is 56.1 Å². The van der Waals surface area contributed by atoms with Gasteiger partial charge in [-0.25, -0.2) is 0 Å². The van der Waals surface area contributed by atoms with Crippen molar-refractivity contribution in [3.05, 3.63) is 107 Å². The van der Waals surface area contributed by atoms with E-state index in [9.17, 15) is 14.4 Å². The number of aryl methyl sites for hydroxylation is 1. The summed E-state index contributed by atoms with van der Waals surface area (Å²) in [5.74, 6) is -1.11. The van der Waals surface area contributed by atoms with Crippen LogP contribution >= 0.6 is 0 Å². The van der Waals surface area contributed by atoms with Crippen molar-refractivity contribution < 1.29 is 19.2 Å². The molecule has 4 aromatic rings. The number of nitrogens with one attached hydrogen (secondary N) is 2. The predicted molar refractivity (Wildman–Crippen MR) is 194 cm³/mol. The number of H-pyrrole nitrogens is 1. The van der Waals surface area contributed by atoms with Crippen LogP contribution in [0.25, 0.3) is 10.9 Å². The maximum absolute atomic E-state index is 15.1. The molecule has 0 spiro atoms. The van der Waals surface area contributed by atoms with Gasteiger partial charge in [0.25, 0.3) is 0 Å². The number of piperazine rings is 2. The van der Waals surface area contributed by atoms with Gasteiger partial charge in [0.05, 0.1) is 6.04 Å². The maximum Gasteiger partial charge on any atom is 0.246 e. The number of hydrogen-bond acceptors (Lipinski definition) is 5. The van der Waals surface area contributed by atoms with Crippen LogP contribution in [0.3, 0.4) is 0 Å². The molecule has 2 fully saturated rings. The molecule has 0 bridgehead atoms. The number of aromatic amines is 1. The van der Waals surface area contributed by atoms with E-state index in [4.69, 9.17) is 5.73 Å². The number of carbonyl (C=O) groups excluding carboxylic acids is 4. The Morgan fingerprint density at radius 1 is 0.840 bits per heavy atom.